The number of ether oxygens (including phenoxy) is 1. The predicted molar refractivity (Wildman–Crippen MR) is 78.6 cm³/mol. The van der Waals surface area contributed by atoms with Gasteiger partial charge in [0.1, 0.15) is 5.75 Å². The number of hydrogen-bond donors (Lipinski definition) is 1. The number of aryl methyl sites for hydroxylation is 2. The van der Waals surface area contributed by atoms with E-state index >= 15 is 0 Å². The van der Waals surface area contributed by atoms with Crippen LogP contribution in [-0.4, -0.2) is 19.1 Å². The maximum absolute atomic E-state index is 11.6. The molecule has 106 valence electrons. The first-order chi connectivity index (χ1) is 9.13. The summed E-state index contributed by atoms with van der Waals surface area (Å²) in [7, 11) is 0. The fourth-order valence-corrected chi connectivity index (χ4v) is 1.84. The molecule has 0 heterocycles. The zero-order valence-corrected chi connectivity index (χ0v) is 12.3. The first-order valence-electron chi connectivity index (χ1n) is 7.10. The third-order valence-electron chi connectivity index (χ3n) is 3.05. The lowest BCUT2D eigenvalue weighted by Gasteiger charge is -2.10. The van der Waals surface area contributed by atoms with Gasteiger partial charge in [0.2, 0.25) is 0 Å². The van der Waals surface area contributed by atoms with Crippen molar-refractivity contribution in [3.05, 3.63) is 29.3 Å². The van der Waals surface area contributed by atoms with Crippen LogP contribution in [0.2, 0.25) is 0 Å². The summed E-state index contributed by atoms with van der Waals surface area (Å²) in [5.74, 6) is 0.749. The molecule has 0 saturated heterocycles. The van der Waals surface area contributed by atoms with Crippen molar-refractivity contribution in [3.8, 4) is 5.75 Å². The molecule has 0 aliphatic heterocycles. The van der Waals surface area contributed by atoms with E-state index in [1.54, 1.807) is 0 Å². The number of nitrogens with one attached hydrogen (secondary N) is 1. The van der Waals surface area contributed by atoms with Crippen LogP contribution in [-0.2, 0) is 4.79 Å². The van der Waals surface area contributed by atoms with Crippen LogP contribution in [0.25, 0.3) is 0 Å². The molecule has 0 radical (unpaired) electrons. The Morgan fingerprint density at radius 1 is 1.21 bits per heavy atom. The standard InChI is InChI=1S/C16H25NO2/c1-4-5-6-7-10-17-16(18)12-19-15-11-13(2)8-9-14(15)3/h8-9,11H,4-7,10,12H2,1-3H3,(H,17,18). The summed E-state index contributed by atoms with van der Waals surface area (Å²) in [5.41, 5.74) is 2.20. The van der Waals surface area contributed by atoms with Gasteiger partial charge >= 0.3 is 0 Å². The third-order valence-corrected chi connectivity index (χ3v) is 3.05. The molecule has 0 atom stereocenters. The molecular formula is C16H25NO2. The first-order valence-corrected chi connectivity index (χ1v) is 7.10. The van der Waals surface area contributed by atoms with Crippen LogP contribution in [0.4, 0.5) is 0 Å². The Morgan fingerprint density at radius 2 is 2.00 bits per heavy atom. The highest BCUT2D eigenvalue weighted by Gasteiger charge is 2.04. The van der Waals surface area contributed by atoms with Crippen LogP contribution in [0, 0.1) is 13.8 Å². The van der Waals surface area contributed by atoms with Gasteiger partial charge < -0.3 is 10.1 Å². The molecule has 0 aliphatic carbocycles. The van der Waals surface area contributed by atoms with Crippen LogP contribution < -0.4 is 10.1 Å². The van der Waals surface area contributed by atoms with Crippen LogP contribution in [0.15, 0.2) is 18.2 Å². The Balaban J connectivity index is 2.24. The Hall–Kier alpha value is -1.51. The molecule has 1 amide bonds. The molecule has 1 rings (SSSR count). The van der Waals surface area contributed by atoms with E-state index in [4.69, 9.17) is 4.74 Å². The smallest absolute Gasteiger partial charge is 0.257 e. The van der Waals surface area contributed by atoms with E-state index in [-0.39, 0.29) is 12.5 Å². The normalized spacial score (nSPS) is 10.3. The minimum atomic E-state index is -0.0441. The lowest BCUT2D eigenvalue weighted by Crippen LogP contribution is -2.29. The van der Waals surface area contributed by atoms with Gasteiger partial charge in [-0.05, 0) is 37.5 Å². The van der Waals surface area contributed by atoms with Gasteiger partial charge in [0.25, 0.3) is 5.91 Å². The summed E-state index contributed by atoms with van der Waals surface area (Å²) in [4.78, 5) is 11.6. The second-order valence-electron chi connectivity index (χ2n) is 4.97. The number of rotatable bonds is 8. The zero-order valence-electron chi connectivity index (χ0n) is 12.3. The Kier molecular flexibility index (Phi) is 7.01. The van der Waals surface area contributed by atoms with Gasteiger partial charge in [-0.15, -0.1) is 0 Å². The maximum Gasteiger partial charge on any atom is 0.257 e. The number of carbonyl (C=O) groups is 1. The van der Waals surface area contributed by atoms with E-state index < -0.39 is 0 Å². The molecule has 0 bridgehead atoms. The molecule has 0 saturated carbocycles. The van der Waals surface area contributed by atoms with Crippen molar-refractivity contribution in [2.75, 3.05) is 13.2 Å². The van der Waals surface area contributed by atoms with Gasteiger partial charge in [-0.3, -0.25) is 4.79 Å². The summed E-state index contributed by atoms with van der Waals surface area (Å²) >= 11 is 0. The van der Waals surface area contributed by atoms with Crippen molar-refractivity contribution >= 4 is 5.91 Å². The van der Waals surface area contributed by atoms with Gasteiger partial charge in [-0.2, -0.15) is 0 Å². The molecule has 0 aromatic heterocycles. The van der Waals surface area contributed by atoms with E-state index in [0.717, 1.165) is 29.8 Å². The molecule has 1 N–H and O–H groups in total. The van der Waals surface area contributed by atoms with E-state index in [2.05, 4.69) is 12.2 Å². The van der Waals surface area contributed by atoms with Gasteiger partial charge in [0, 0.05) is 6.54 Å². The molecule has 19 heavy (non-hydrogen) atoms. The fourth-order valence-electron chi connectivity index (χ4n) is 1.84. The summed E-state index contributed by atoms with van der Waals surface area (Å²) < 4.78 is 5.55. The Bertz CT molecular complexity index is 402. The highest BCUT2D eigenvalue weighted by Crippen LogP contribution is 2.18. The van der Waals surface area contributed by atoms with Crippen LogP contribution in [0.5, 0.6) is 5.75 Å². The topological polar surface area (TPSA) is 38.3 Å². The van der Waals surface area contributed by atoms with Gasteiger partial charge in [-0.25, -0.2) is 0 Å². The number of hydrogen-bond acceptors (Lipinski definition) is 2. The average molecular weight is 263 g/mol. The Labute approximate surface area is 116 Å². The van der Waals surface area contributed by atoms with Crippen LogP contribution in [0.1, 0.15) is 43.7 Å². The van der Waals surface area contributed by atoms with E-state index in [0.29, 0.717) is 0 Å². The number of benzene rings is 1. The van der Waals surface area contributed by atoms with Crippen LogP contribution >= 0.6 is 0 Å². The van der Waals surface area contributed by atoms with Gasteiger partial charge in [0.15, 0.2) is 6.61 Å². The number of carbonyl (C=O) groups excluding carboxylic acids is 1. The lowest BCUT2D eigenvalue weighted by molar-refractivity contribution is -0.123. The monoisotopic (exact) mass is 263 g/mol. The SMILES string of the molecule is CCCCCCNC(=O)COc1cc(C)ccc1C. The van der Waals surface area contributed by atoms with Crippen molar-refractivity contribution in [2.45, 2.75) is 46.5 Å². The van der Waals surface area contributed by atoms with Crippen molar-refractivity contribution in [1.29, 1.82) is 0 Å². The second kappa shape index (κ2) is 8.57. The molecule has 0 aliphatic rings. The Morgan fingerprint density at radius 3 is 2.74 bits per heavy atom. The number of unbranched alkanes of at least 4 members (excludes halogenated alkanes) is 3. The molecular weight excluding hydrogens is 238 g/mol. The van der Waals surface area contributed by atoms with Crippen molar-refractivity contribution in [2.24, 2.45) is 0 Å². The minimum absolute atomic E-state index is 0.0441. The maximum atomic E-state index is 11.6. The van der Waals surface area contributed by atoms with Crippen molar-refractivity contribution in [3.63, 3.8) is 0 Å². The largest absolute Gasteiger partial charge is 0.483 e. The zero-order chi connectivity index (χ0) is 14.1. The molecule has 0 spiro atoms. The van der Waals surface area contributed by atoms with E-state index in [1.807, 2.05) is 32.0 Å². The molecule has 0 fully saturated rings. The minimum Gasteiger partial charge on any atom is -0.483 e. The highest BCUT2D eigenvalue weighted by molar-refractivity contribution is 5.77. The van der Waals surface area contributed by atoms with E-state index in [9.17, 15) is 4.79 Å². The predicted octanol–water partition coefficient (Wildman–Crippen LogP) is 3.38. The molecule has 0 unspecified atom stereocenters. The first kappa shape index (κ1) is 15.5. The summed E-state index contributed by atoms with van der Waals surface area (Å²) in [6, 6.07) is 6.01. The molecule has 3 nitrogen and oxygen atoms in total. The van der Waals surface area contributed by atoms with E-state index in [1.165, 1.54) is 19.3 Å². The summed E-state index contributed by atoms with van der Waals surface area (Å²) in [5, 5.41) is 2.88. The van der Waals surface area contributed by atoms with Gasteiger partial charge in [0.05, 0.1) is 0 Å². The summed E-state index contributed by atoms with van der Waals surface area (Å²) in [6.45, 7) is 7.02. The lowest BCUT2D eigenvalue weighted by atomic mass is 10.1. The molecule has 1 aromatic carbocycles. The number of amides is 1. The van der Waals surface area contributed by atoms with Crippen molar-refractivity contribution in [1.82, 2.24) is 5.32 Å². The van der Waals surface area contributed by atoms with Crippen LogP contribution in [0.3, 0.4) is 0 Å². The van der Waals surface area contributed by atoms with Gasteiger partial charge in [-0.1, -0.05) is 38.3 Å². The third kappa shape index (κ3) is 6.27. The average Bonchev–Trinajstić information content (AvgIpc) is 2.39. The van der Waals surface area contributed by atoms with Crippen molar-refractivity contribution < 1.29 is 9.53 Å². The quantitative estimate of drug-likeness (QED) is 0.730. The molecule has 1 aromatic rings. The molecule has 3 heteroatoms. The fraction of sp³-hybridized carbons (Fsp3) is 0.562. The highest BCUT2D eigenvalue weighted by atomic mass is 16.5. The second-order valence-corrected chi connectivity index (χ2v) is 4.97. The summed E-state index contributed by atoms with van der Waals surface area (Å²) in [6.07, 6.45) is 4.66.